The fourth-order valence-corrected chi connectivity index (χ4v) is 2.43. The van der Waals surface area contributed by atoms with E-state index in [9.17, 15) is 9.59 Å². The molecule has 0 aromatic carbocycles. The van der Waals surface area contributed by atoms with Crippen LogP contribution in [0.15, 0.2) is 12.7 Å². The number of nitrogens with one attached hydrogen (secondary N) is 1. The lowest BCUT2D eigenvalue weighted by Gasteiger charge is -2.24. The standard InChI is InChI=1S/C14H23NO3/c1-3-4-10-13(16)15-12-9-7-5-6-8-11(12)14(17)18-2/h3,11-12H,1,4-10H2,2H3,(H,15,16)/t11-,12+/m0/s1. The van der Waals surface area contributed by atoms with Gasteiger partial charge < -0.3 is 10.1 Å². The van der Waals surface area contributed by atoms with Crippen molar-refractivity contribution in [2.24, 2.45) is 5.92 Å². The van der Waals surface area contributed by atoms with Crippen LogP contribution in [-0.2, 0) is 14.3 Å². The van der Waals surface area contributed by atoms with Gasteiger partial charge in [0.25, 0.3) is 0 Å². The Hall–Kier alpha value is -1.32. The Labute approximate surface area is 109 Å². The van der Waals surface area contributed by atoms with Gasteiger partial charge in [-0.05, 0) is 19.3 Å². The van der Waals surface area contributed by atoms with Crippen LogP contribution in [-0.4, -0.2) is 25.0 Å². The maximum atomic E-state index is 11.7. The molecule has 18 heavy (non-hydrogen) atoms. The van der Waals surface area contributed by atoms with Crippen molar-refractivity contribution in [3.63, 3.8) is 0 Å². The number of hydrogen-bond donors (Lipinski definition) is 1. The maximum absolute atomic E-state index is 11.7. The SMILES string of the molecule is C=CCCC(=O)N[C@@H]1CCCCC[C@@H]1C(=O)OC. The number of methoxy groups -OCH3 is 1. The van der Waals surface area contributed by atoms with Crippen molar-refractivity contribution in [1.29, 1.82) is 0 Å². The number of ether oxygens (including phenoxy) is 1. The first-order valence-electron chi connectivity index (χ1n) is 6.67. The third kappa shape index (κ3) is 4.51. The fraction of sp³-hybridized carbons (Fsp3) is 0.714. The Balaban J connectivity index is 2.58. The highest BCUT2D eigenvalue weighted by atomic mass is 16.5. The van der Waals surface area contributed by atoms with Gasteiger partial charge in [0.15, 0.2) is 0 Å². The molecule has 0 aromatic heterocycles. The number of amides is 1. The highest BCUT2D eigenvalue weighted by Gasteiger charge is 2.31. The van der Waals surface area contributed by atoms with Crippen LogP contribution in [0.3, 0.4) is 0 Å². The Kier molecular flexibility index (Phi) is 6.47. The summed E-state index contributed by atoms with van der Waals surface area (Å²) in [6.07, 6.45) is 7.70. The summed E-state index contributed by atoms with van der Waals surface area (Å²) >= 11 is 0. The second kappa shape index (κ2) is 7.90. The third-order valence-electron chi connectivity index (χ3n) is 3.44. The predicted octanol–water partition coefficient (Wildman–Crippen LogP) is 2.19. The zero-order valence-electron chi connectivity index (χ0n) is 11.1. The molecule has 0 heterocycles. The molecule has 1 rings (SSSR count). The monoisotopic (exact) mass is 253 g/mol. The van der Waals surface area contributed by atoms with Crippen molar-refractivity contribution in [3.05, 3.63) is 12.7 Å². The summed E-state index contributed by atoms with van der Waals surface area (Å²) in [6.45, 7) is 3.60. The number of hydrogen-bond acceptors (Lipinski definition) is 3. The highest BCUT2D eigenvalue weighted by molar-refractivity contribution is 5.78. The van der Waals surface area contributed by atoms with Crippen molar-refractivity contribution >= 4 is 11.9 Å². The predicted molar refractivity (Wildman–Crippen MR) is 70.0 cm³/mol. The summed E-state index contributed by atoms with van der Waals surface area (Å²) in [5.41, 5.74) is 0. The van der Waals surface area contributed by atoms with Crippen molar-refractivity contribution in [2.75, 3.05) is 7.11 Å². The van der Waals surface area contributed by atoms with Crippen LogP contribution in [0.5, 0.6) is 0 Å². The van der Waals surface area contributed by atoms with Gasteiger partial charge in [-0.25, -0.2) is 0 Å². The van der Waals surface area contributed by atoms with Crippen LogP contribution >= 0.6 is 0 Å². The molecule has 0 spiro atoms. The van der Waals surface area contributed by atoms with Gasteiger partial charge >= 0.3 is 5.97 Å². The molecule has 1 aliphatic rings. The maximum Gasteiger partial charge on any atom is 0.310 e. The van der Waals surface area contributed by atoms with E-state index in [0.717, 1.165) is 32.1 Å². The third-order valence-corrected chi connectivity index (χ3v) is 3.44. The van der Waals surface area contributed by atoms with Crippen LogP contribution < -0.4 is 5.32 Å². The second-order valence-corrected chi connectivity index (χ2v) is 4.77. The molecule has 1 saturated carbocycles. The van der Waals surface area contributed by atoms with E-state index in [-0.39, 0.29) is 23.8 Å². The minimum absolute atomic E-state index is 0.00398. The lowest BCUT2D eigenvalue weighted by molar-refractivity contribution is -0.147. The summed E-state index contributed by atoms with van der Waals surface area (Å²) < 4.78 is 4.83. The molecule has 2 atom stereocenters. The summed E-state index contributed by atoms with van der Waals surface area (Å²) in [7, 11) is 1.41. The number of esters is 1. The molecule has 0 unspecified atom stereocenters. The number of allylic oxidation sites excluding steroid dienone is 1. The molecule has 0 aromatic rings. The van der Waals surface area contributed by atoms with Crippen LogP contribution in [0.25, 0.3) is 0 Å². The van der Waals surface area contributed by atoms with E-state index in [4.69, 9.17) is 4.74 Å². The quantitative estimate of drug-likeness (QED) is 0.464. The van der Waals surface area contributed by atoms with Gasteiger partial charge in [-0.3, -0.25) is 9.59 Å². The molecule has 0 aliphatic heterocycles. The van der Waals surface area contributed by atoms with E-state index >= 15 is 0 Å². The summed E-state index contributed by atoms with van der Waals surface area (Å²) in [4.78, 5) is 23.5. The summed E-state index contributed by atoms with van der Waals surface area (Å²) in [6, 6.07) is -0.0720. The van der Waals surface area contributed by atoms with E-state index in [1.807, 2.05) is 0 Å². The summed E-state index contributed by atoms with van der Waals surface area (Å²) in [5, 5.41) is 2.97. The number of rotatable bonds is 5. The first-order chi connectivity index (χ1) is 8.69. The molecule has 1 amide bonds. The van der Waals surface area contributed by atoms with Crippen molar-refractivity contribution < 1.29 is 14.3 Å². The Morgan fingerprint density at radius 1 is 1.33 bits per heavy atom. The van der Waals surface area contributed by atoms with Gasteiger partial charge in [0.1, 0.15) is 0 Å². The molecular weight excluding hydrogens is 230 g/mol. The first kappa shape index (κ1) is 14.7. The second-order valence-electron chi connectivity index (χ2n) is 4.77. The molecule has 0 bridgehead atoms. The van der Waals surface area contributed by atoms with Gasteiger partial charge in [0.05, 0.1) is 13.0 Å². The van der Waals surface area contributed by atoms with E-state index < -0.39 is 0 Å². The topological polar surface area (TPSA) is 55.4 Å². The minimum atomic E-state index is -0.203. The Bertz CT molecular complexity index is 301. The lowest BCUT2D eigenvalue weighted by Crippen LogP contribution is -2.43. The lowest BCUT2D eigenvalue weighted by atomic mass is 9.94. The smallest absolute Gasteiger partial charge is 0.310 e. The average molecular weight is 253 g/mol. The molecule has 0 radical (unpaired) electrons. The largest absolute Gasteiger partial charge is 0.469 e. The van der Waals surface area contributed by atoms with Crippen LogP contribution in [0, 0.1) is 5.92 Å². The van der Waals surface area contributed by atoms with Gasteiger partial charge in [-0.1, -0.05) is 25.3 Å². The van der Waals surface area contributed by atoms with Crippen LogP contribution in [0.1, 0.15) is 44.9 Å². The molecule has 1 N–H and O–H groups in total. The van der Waals surface area contributed by atoms with E-state index in [1.54, 1.807) is 6.08 Å². The molecule has 1 aliphatic carbocycles. The average Bonchev–Trinajstić information content (AvgIpc) is 2.61. The van der Waals surface area contributed by atoms with Gasteiger partial charge in [-0.15, -0.1) is 6.58 Å². The van der Waals surface area contributed by atoms with Crippen LogP contribution in [0.2, 0.25) is 0 Å². The Morgan fingerprint density at radius 2 is 2.06 bits per heavy atom. The molecule has 4 nitrogen and oxygen atoms in total. The van der Waals surface area contributed by atoms with Gasteiger partial charge in [0, 0.05) is 12.5 Å². The van der Waals surface area contributed by atoms with E-state index in [2.05, 4.69) is 11.9 Å². The number of carbonyl (C=O) groups excluding carboxylic acids is 2. The summed E-state index contributed by atoms with van der Waals surface area (Å²) in [5.74, 6) is -0.396. The van der Waals surface area contributed by atoms with Gasteiger partial charge in [0.2, 0.25) is 5.91 Å². The van der Waals surface area contributed by atoms with E-state index in [0.29, 0.717) is 12.8 Å². The minimum Gasteiger partial charge on any atom is -0.469 e. The highest BCUT2D eigenvalue weighted by Crippen LogP contribution is 2.24. The molecule has 102 valence electrons. The van der Waals surface area contributed by atoms with Crippen LogP contribution in [0.4, 0.5) is 0 Å². The fourth-order valence-electron chi connectivity index (χ4n) is 2.43. The Morgan fingerprint density at radius 3 is 2.72 bits per heavy atom. The zero-order valence-corrected chi connectivity index (χ0v) is 11.1. The van der Waals surface area contributed by atoms with Crippen molar-refractivity contribution in [1.82, 2.24) is 5.32 Å². The number of carbonyl (C=O) groups is 2. The molecule has 4 heteroatoms. The first-order valence-corrected chi connectivity index (χ1v) is 6.67. The molecule has 1 fully saturated rings. The van der Waals surface area contributed by atoms with Crippen molar-refractivity contribution in [2.45, 2.75) is 51.0 Å². The normalized spacial score (nSPS) is 23.8. The van der Waals surface area contributed by atoms with Gasteiger partial charge in [-0.2, -0.15) is 0 Å². The zero-order chi connectivity index (χ0) is 13.4. The molecule has 0 saturated heterocycles. The molecular formula is C14H23NO3. The van der Waals surface area contributed by atoms with Crippen molar-refractivity contribution in [3.8, 4) is 0 Å². The van der Waals surface area contributed by atoms with E-state index in [1.165, 1.54) is 7.11 Å².